The minimum absolute atomic E-state index is 0.114. The smallest absolute Gasteiger partial charge is 0.243 e. The molecule has 1 aromatic carbocycles. The topological polar surface area (TPSA) is 78.7 Å². The molecule has 24 heavy (non-hydrogen) atoms. The summed E-state index contributed by atoms with van der Waals surface area (Å²) in [4.78, 5) is 16.1. The Morgan fingerprint density at radius 1 is 1.21 bits per heavy atom. The van der Waals surface area contributed by atoms with Crippen molar-refractivity contribution in [2.45, 2.75) is 19.8 Å². The Hall–Kier alpha value is -2.76. The van der Waals surface area contributed by atoms with E-state index >= 15 is 0 Å². The largest absolute Gasteiger partial charge is 0.469 e. The number of hydrogen-bond donors (Lipinski definition) is 3. The molecule has 0 saturated carbocycles. The summed E-state index contributed by atoms with van der Waals surface area (Å²) in [5.74, 6) is 1.38. The number of aryl methyl sites for hydroxylation is 1. The molecule has 0 unspecified atom stereocenters. The monoisotopic (exact) mass is 328 g/mol. The van der Waals surface area contributed by atoms with Gasteiger partial charge in [-0.25, -0.2) is 0 Å². The molecule has 1 amide bonds. The zero-order valence-electron chi connectivity index (χ0n) is 14.1. The van der Waals surface area contributed by atoms with Crippen molar-refractivity contribution in [2.24, 2.45) is 4.99 Å². The lowest BCUT2D eigenvalue weighted by Gasteiger charge is -2.12. The SMILES string of the molecule is CCc1cccc(NC(=O)CNC(=NC)NCCc2ccco2)c1. The average molecular weight is 328 g/mol. The number of amides is 1. The van der Waals surface area contributed by atoms with E-state index in [1.165, 1.54) is 5.56 Å². The molecule has 6 heteroatoms. The lowest BCUT2D eigenvalue weighted by Crippen LogP contribution is -2.42. The number of nitrogens with one attached hydrogen (secondary N) is 3. The van der Waals surface area contributed by atoms with Crippen LogP contribution in [0.4, 0.5) is 5.69 Å². The Balaban J connectivity index is 1.72. The summed E-state index contributed by atoms with van der Waals surface area (Å²) in [5, 5.41) is 9.01. The van der Waals surface area contributed by atoms with Crippen molar-refractivity contribution >= 4 is 17.6 Å². The molecule has 6 nitrogen and oxygen atoms in total. The molecule has 2 aromatic rings. The van der Waals surface area contributed by atoms with Gasteiger partial charge in [0.2, 0.25) is 5.91 Å². The average Bonchev–Trinajstić information content (AvgIpc) is 3.11. The quantitative estimate of drug-likeness (QED) is 0.538. The number of benzene rings is 1. The molecule has 0 radical (unpaired) electrons. The second-order valence-electron chi connectivity index (χ2n) is 5.28. The first-order valence-electron chi connectivity index (χ1n) is 8.07. The Kier molecular flexibility index (Phi) is 6.89. The van der Waals surface area contributed by atoms with Gasteiger partial charge < -0.3 is 20.4 Å². The third-order valence-corrected chi connectivity index (χ3v) is 3.50. The predicted molar refractivity (Wildman–Crippen MR) is 96.2 cm³/mol. The maximum atomic E-state index is 12.0. The van der Waals surface area contributed by atoms with Crippen LogP contribution < -0.4 is 16.0 Å². The standard InChI is InChI=1S/C18H24N4O2/c1-3-14-6-4-7-15(12-14)22-17(23)13-21-18(19-2)20-10-9-16-8-5-11-24-16/h4-8,11-12H,3,9-10,13H2,1-2H3,(H,22,23)(H2,19,20,21). The van der Waals surface area contributed by atoms with E-state index in [1.54, 1.807) is 13.3 Å². The van der Waals surface area contributed by atoms with Crippen LogP contribution in [0.2, 0.25) is 0 Å². The fraction of sp³-hybridized carbons (Fsp3) is 0.333. The van der Waals surface area contributed by atoms with Gasteiger partial charge >= 0.3 is 0 Å². The molecule has 0 fully saturated rings. The van der Waals surface area contributed by atoms with Gasteiger partial charge in [0.1, 0.15) is 5.76 Å². The first kappa shape index (κ1) is 17.6. The van der Waals surface area contributed by atoms with Crippen molar-refractivity contribution < 1.29 is 9.21 Å². The second kappa shape index (κ2) is 9.39. The molecule has 0 saturated heterocycles. The molecule has 0 aliphatic carbocycles. The lowest BCUT2D eigenvalue weighted by atomic mass is 10.1. The van der Waals surface area contributed by atoms with Crippen LogP contribution in [0.15, 0.2) is 52.1 Å². The maximum Gasteiger partial charge on any atom is 0.243 e. The number of anilines is 1. The number of rotatable bonds is 7. The van der Waals surface area contributed by atoms with Crippen molar-refractivity contribution in [1.82, 2.24) is 10.6 Å². The fourth-order valence-corrected chi connectivity index (χ4v) is 2.22. The minimum atomic E-state index is -0.114. The summed E-state index contributed by atoms with van der Waals surface area (Å²) in [6, 6.07) is 11.6. The molecule has 0 atom stereocenters. The highest BCUT2D eigenvalue weighted by Gasteiger charge is 2.05. The molecule has 0 aliphatic heterocycles. The van der Waals surface area contributed by atoms with Gasteiger partial charge in [0.05, 0.1) is 12.8 Å². The summed E-state index contributed by atoms with van der Waals surface area (Å²) < 4.78 is 5.27. The van der Waals surface area contributed by atoms with E-state index in [4.69, 9.17) is 4.42 Å². The number of carbonyl (C=O) groups is 1. The molecule has 128 valence electrons. The molecule has 1 heterocycles. The van der Waals surface area contributed by atoms with Crippen LogP contribution in [0.3, 0.4) is 0 Å². The van der Waals surface area contributed by atoms with Gasteiger partial charge in [-0.2, -0.15) is 0 Å². The van der Waals surface area contributed by atoms with Crippen molar-refractivity contribution in [3.63, 3.8) is 0 Å². The third kappa shape index (κ3) is 5.79. The van der Waals surface area contributed by atoms with Crippen LogP contribution in [0, 0.1) is 0 Å². The van der Waals surface area contributed by atoms with Crippen LogP contribution in [0.5, 0.6) is 0 Å². The highest BCUT2D eigenvalue weighted by molar-refractivity contribution is 5.95. The summed E-state index contributed by atoms with van der Waals surface area (Å²) in [6.07, 6.45) is 3.35. The maximum absolute atomic E-state index is 12.0. The van der Waals surface area contributed by atoms with Gasteiger partial charge in [-0.15, -0.1) is 0 Å². The molecular formula is C18H24N4O2. The zero-order chi connectivity index (χ0) is 17.2. The number of furan rings is 1. The highest BCUT2D eigenvalue weighted by Crippen LogP contribution is 2.10. The van der Waals surface area contributed by atoms with E-state index in [-0.39, 0.29) is 12.5 Å². The Labute approximate surface area is 142 Å². The summed E-state index contributed by atoms with van der Waals surface area (Å²) in [7, 11) is 1.67. The van der Waals surface area contributed by atoms with E-state index < -0.39 is 0 Å². The molecular weight excluding hydrogens is 304 g/mol. The summed E-state index contributed by atoms with van der Waals surface area (Å²) >= 11 is 0. The van der Waals surface area contributed by atoms with Crippen LogP contribution in [-0.2, 0) is 17.6 Å². The molecule has 0 bridgehead atoms. The van der Waals surface area contributed by atoms with E-state index in [1.807, 2.05) is 36.4 Å². The van der Waals surface area contributed by atoms with Gasteiger partial charge in [-0.3, -0.25) is 9.79 Å². The van der Waals surface area contributed by atoms with E-state index in [0.717, 1.165) is 24.3 Å². The van der Waals surface area contributed by atoms with Gasteiger partial charge in [-0.1, -0.05) is 19.1 Å². The number of carbonyl (C=O) groups excluding carboxylic acids is 1. The number of nitrogens with zero attached hydrogens (tertiary/aromatic N) is 1. The molecule has 2 rings (SSSR count). The summed E-state index contributed by atoms with van der Waals surface area (Å²) in [6.45, 7) is 2.91. The van der Waals surface area contributed by atoms with Crippen molar-refractivity contribution in [3.8, 4) is 0 Å². The Morgan fingerprint density at radius 2 is 2.08 bits per heavy atom. The molecule has 0 aliphatic rings. The molecule has 0 spiro atoms. The van der Waals surface area contributed by atoms with Gasteiger partial charge in [0, 0.05) is 25.7 Å². The summed E-state index contributed by atoms with van der Waals surface area (Å²) in [5.41, 5.74) is 2.00. The Bertz CT molecular complexity index is 665. The van der Waals surface area contributed by atoms with Gasteiger partial charge in [0.15, 0.2) is 5.96 Å². The predicted octanol–water partition coefficient (Wildman–Crippen LogP) is 2.19. The van der Waals surface area contributed by atoms with Crippen LogP contribution in [0.25, 0.3) is 0 Å². The van der Waals surface area contributed by atoms with Crippen LogP contribution >= 0.6 is 0 Å². The molecule has 1 aromatic heterocycles. The van der Waals surface area contributed by atoms with Crippen molar-refractivity contribution in [1.29, 1.82) is 0 Å². The minimum Gasteiger partial charge on any atom is -0.469 e. The highest BCUT2D eigenvalue weighted by atomic mass is 16.3. The van der Waals surface area contributed by atoms with E-state index in [2.05, 4.69) is 27.9 Å². The lowest BCUT2D eigenvalue weighted by molar-refractivity contribution is -0.115. The van der Waals surface area contributed by atoms with Gasteiger partial charge in [0.25, 0.3) is 0 Å². The number of hydrogen-bond acceptors (Lipinski definition) is 3. The first-order valence-corrected chi connectivity index (χ1v) is 8.07. The zero-order valence-corrected chi connectivity index (χ0v) is 14.1. The van der Waals surface area contributed by atoms with E-state index in [9.17, 15) is 4.79 Å². The number of aliphatic imine (C=N–C) groups is 1. The van der Waals surface area contributed by atoms with Crippen molar-refractivity contribution in [3.05, 3.63) is 54.0 Å². The number of guanidine groups is 1. The Morgan fingerprint density at radius 3 is 2.79 bits per heavy atom. The molecule has 3 N–H and O–H groups in total. The van der Waals surface area contributed by atoms with Crippen LogP contribution in [-0.4, -0.2) is 32.0 Å². The van der Waals surface area contributed by atoms with Gasteiger partial charge in [-0.05, 0) is 36.2 Å². The third-order valence-electron chi connectivity index (χ3n) is 3.50. The van der Waals surface area contributed by atoms with Crippen LogP contribution in [0.1, 0.15) is 18.2 Å². The second-order valence-corrected chi connectivity index (χ2v) is 5.28. The van der Waals surface area contributed by atoms with Crippen molar-refractivity contribution in [2.75, 3.05) is 25.5 Å². The first-order chi connectivity index (χ1) is 11.7. The van der Waals surface area contributed by atoms with E-state index in [0.29, 0.717) is 12.5 Å². The normalized spacial score (nSPS) is 11.2. The fourth-order valence-electron chi connectivity index (χ4n) is 2.22.